The van der Waals surface area contributed by atoms with E-state index in [1.807, 2.05) is 18.2 Å². The molecule has 5 nitrogen and oxygen atoms in total. The van der Waals surface area contributed by atoms with E-state index in [-0.39, 0.29) is 12.5 Å². The Labute approximate surface area is 121 Å². The fourth-order valence-corrected chi connectivity index (χ4v) is 2.87. The van der Waals surface area contributed by atoms with Gasteiger partial charge in [0.25, 0.3) is 11.1 Å². The van der Waals surface area contributed by atoms with E-state index in [2.05, 4.69) is 15.4 Å². The normalized spacial score (nSPS) is 13.9. The summed E-state index contributed by atoms with van der Waals surface area (Å²) >= 11 is 1.17. The van der Waals surface area contributed by atoms with Crippen molar-refractivity contribution < 1.29 is 9.53 Å². The van der Waals surface area contributed by atoms with Gasteiger partial charge in [0, 0.05) is 23.8 Å². The molecule has 2 aromatic rings. The average Bonchev–Trinajstić information content (AvgIpc) is 2.90. The van der Waals surface area contributed by atoms with Gasteiger partial charge in [0.2, 0.25) is 0 Å². The van der Waals surface area contributed by atoms with E-state index in [0.29, 0.717) is 11.0 Å². The van der Waals surface area contributed by atoms with Crippen LogP contribution in [0, 0.1) is 6.92 Å². The molecule has 1 aliphatic heterocycles. The molecule has 0 saturated heterocycles. The van der Waals surface area contributed by atoms with Crippen LogP contribution in [-0.2, 0) is 11.2 Å². The number of hydrogen-bond acceptors (Lipinski definition) is 5. The predicted octanol–water partition coefficient (Wildman–Crippen LogP) is 2.20. The second-order valence-electron chi connectivity index (χ2n) is 4.67. The van der Waals surface area contributed by atoms with E-state index in [9.17, 15) is 4.79 Å². The first-order chi connectivity index (χ1) is 9.74. The summed E-state index contributed by atoms with van der Waals surface area (Å²) in [6, 6.07) is 8.03. The van der Waals surface area contributed by atoms with Crippen molar-refractivity contribution in [3.63, 3.8) is 0 Å². The minimum Gasteiger partial charge on any atom is -0.459 e. The van der Waals surface area contributed by atoms with E-state index >= 15 is 0 Å². The molecule has 0 atom stereocenters. The molecule has 1 aromatic carbocycles. The van der Waals surface area contributed by atoms with Crippen molar-refractivity contribution in [2.75, 3.05) is 18.1 Å². The highest BCUT2D eigenvalue weighted by Crippen LogP contribution is 2.26. The molecular weight excluding hydrogens is 274 g/mol. The first-order valence-corrected chi connectivity index (χ1v) is 7.33. The van der Waals surface area contributed by atoms with Gasteiger partial charge in [-0.05, 0) is 31.4 Å². The number of carbonyl (C=O) groups is 1. The summed E-state index contributed by atoms with van der Waals surface area (Å²) in [7, 11) is 0. The molecule has 6 heteroatoms. The Morgan fingerprint density at radius 3 is 3.10 bits per heavy atom. The van der Waals surface area contributed by atoms with Crippen LogP contribution in [0.4, 0.5) is 5.69 Å². The molecule has 3 rings (SSSR count). The minimum atomic E-state index is -0.0370. The second-order valence-corrected chi connectivity index (χ2v) is 5.39. The van der Waals surface area contributed by atoms with Crippen molar-refractivity contribution in [3.8, 4) is 5.19 Å². The van der Waals surface area contributed by atoms with E-state index in [1.165, 1.54) is 17.1 Å². The number of fused-ring (bicyclic) bond motifs is 1. The van der Waals surface area contributed by atoms with Gasteiger partial charge in [-0.1, -0.05) is 18.2 Å². The molecule has 0 saturated carbocycles. The average molecular weight is 289 g/mol. The van der Waals surface area contributed by atoms with Crippen LogP contribution in [-0.4, -0.2) is 28.4 Å². The molecular formula is C14H15N3O2S. The Bertz CT molecular complexity index is 626. The zero-order valence-electron chi connectivity index (χ0n) is 11.2. The molecule has 2 heterocycles. The van der Waals surface area contributed by atoms with Crippen LogP contribution in [0.1, 0.15) is 17.8 Å². The maximum atomic E-state index is 12.3. The summed E-state index contributed by atoms with van der Waals surface area (Å²) < 4.78 is 9.43. The van der Waals surface area contributed by atoms with Crippen molar-refractivity contribution in [3.05, 3.63) is 35.7 Å². The van der Waals surface area contributed by atoms with Crippen LogP contribution in [0.2, 0.25) is 0 Å². The summed E-state index contributed by atoms with van der Waals surface area (Å²) in [4.78, 5) is 18.2. The van der Waals surface area contributed by atoms with Gasteiger partial charge in [-0.3, -0.25) is 4.79 Å². The van der Waals surface area contributed by atoms with Crippen molar-refractivity contribution in [1.82, 2.24) is 9.36 Å². The van der Waals surface area contributed by atoms with Crippen LogP contribution >= 0.6 is 11.5 Å². The molecule has 1 amide bonds. The lowest BCUT2D eigenvalue weighted by Gasteiger charge is -2.29. The van der Waals surface area contributed by atoms with Gasteiger partial charge >= 0.3 is 0 Å². The number of amides is 1. The van der Waals surface area contributed by atoms with E-state index in [1.54, 1.807) is 11.8 Å². The number of aryl methyl sites for hydroxylation is 2. The number of para-hydroxylation sites is 1. The van der Waals surface area contributed by atoms with Gasteiger partial charge in [-0.2, -0.15) is 9.36 Å². The first kappa shape index (κ1) is 13.1. The molecule has 20 heavy (non-hydrogen) atoms. The van der Waals surface area contributed by atoms with E-state index in [4.69, 9.17) is 4.74 Å². The Hall–Kier alpha value is -1.95. The summed E-state index contributed by atoms with van der Waals surface area (Å²) in [6.45, 7) is 2.55. The predicted molar refractivity (Wildman–Crippen MR) is 77.3 cm³/mol. The second kappa shape index (κ2) is 5.58. The number of benzene rings is 1. The van der Waals surface area contributed by atoms with E-state index < -0.39 is 0 Å². The molecule has 0 bridgehead atoms. The third-order valence-electron chi connectivity index (χ3n) is 3.24. The lowest BCUT2D eigenvalue weighted by molar-refractivity contribution is -0.120. The van der Waals surface area contributed by atoms with Crippen molar-refractivity contribution >= 4 is 23.1 Å². The van der Waals surface area contributed by atoms with E-state index in [0.717, 1.165) is 25.1 Å². The molecule has 1 aromatic heterocycles. The Kier molecular flexibility index (Phi) is 3.64. The summed E-state index contributed by atoms with van der Waals surface area (Å²) in [6.07, 6.45) is 2.01. The largest absolute Gasteiger partial charge is 0.459 e. The summed E-state index contributed by atoms with van der Waals surface area (Å²) in [5.41, 5.74) is 2.22. The summed E-state index contributed by atoms with van der Waals surface area (Å²) in [5.74, 6) is 0.630. The maximum absolute atomic E-state index is 12.3. The molecule has 0 fully saturated rings. The summed E-state index contributed by atoms with van der Waals surface area (Å²) in [5, 5.41) is 0.446. The fourth-order valence-electron chi connectivity index (χ4n) is 2.33. The van der Waals surface area contributed by atoms with Gasteiger partial charge in [-0.25, -0.2) is 0 Å². The Balaban J connectivity index is 1.69. The van der Waals surface area contributed by atoms with Crippen molar-refractivity contribution in [1.29, 1.82) is 0 Å². The standard InChI is InChI=1S/C14H15N3O2S/c1-10-15-14(20-16-10)19-9-13(18)17-8-4-6-11-5-2-3-7-12(11)17/h2-3,5,7H,4,6,8-9H2,1H3. The Morgan fingerprint density at radius 2 is 2.30 bits per heavy atom. The highest BCUT2D eigenvalue weighted by atomic mass is 32.1. The molecule has 104 valence electrons. The van der Waals surface area contributed by atoms with Crippen LogP contribution in [0.3, 0.4) is 0 Å². The number of anilines is 1. The van der Waals surface area contributed by atoms with Gasteiger partial charge in [0.1, 0.15) is 5.82 Å². The highest BCUT2D eigenvalue weighted by molar-refractivity contribution is 7.07. The van der Waals surface area contributed by atoms with Gasteiger partial charge in [0.15, 0.2) is 6.61 Å². The zero-order chi connectivity index (χ0) is 13.9. The van der Waals surface area contributed by atoms with Crippen LogP contribution in [0.25, 0.3) is 0 Å². The van der Waals surface area contributed by atoms with Crippen molar-refractivity contribution in [2.24, 2.45) is 0 Å². The highest BCUT2D eigenvalue weighted by Gasteiger charge is 2.22. The Morgan fingerprint density at radius 1 is 1.45 bits per heavy atom. The van der Waals surface area contributed by atoms with Gasteiger partial charge in [0.05, 0.1) is 0 Å². The molecule has 0 spiro atoms. The van der Waals surface area contributed by atoms with Crippen molar-refractivity contribution in [2.45, 2.75) is 19.8 Å². The number of rotatable bonds is 3. The lowest BCUT2D eigenvalue weighted by atomic mass is 10.0. The smallest absolute Gasteiger partial charge is 0.293 e. The number of aromatic nitrogens is 2. The molecule has 0 aliphatic carbocycles. The van der Waals surface area contributed by atoms with Crippen LogP contribution in [0.5, 0.6) is 5.19 Å². The molecule has 0 unspecified atom stereocenters. The maximum Gasteiger partial charge on any atom is 0.293 e. The first-order valence-electron chi connectivity index (χ1n) is 6.55. The third-order valence-corrected chi connectivity index (χ3v) is 3.96. The third kappa shape index (κ3) is 2.65. The quantitative estimate of drug-likeness (QED) is 0.869. The monoisotopic (exact) mass is 289 g/mol. The minimum absolute atomic E-state index is 0.00294. The molecule has 0 radical (unpaired) electrons. The molecule has 0 N–H and O–H groups in total. The SMILES string of the molecule is Cc1nsc(OCC(=O)N2CCCc3ccccc32)n1. The van der Waals surface area contributed by atoms with Gasteiger partial charge in [-0.15, -0.1) is 0 Å². The number of nitrogens with zero attached hydrogens (tertiary/aromatic N) is 3. The van der Waals surface area contributed by atoms with Crippen LogP contribution in [0.15, 0.2) is 24.3 Å². The fraction of sp³-hybridized carbons (Fsp3) is 0.357. The number of hydrogen-bond donors (Lipinski definition) is 0. The number of carbonyl (C=O) groups excluding carboxylic acids is 1. The zero-order valence-corrected chi connectivity index (χ0v) is 12.0. The topological polar surface area (TPSA) is 55.3 Å². The van der Waals surface area contributed by atoms with Gasteiger partial charge < -0.3 is 9.64 Å². The number of ether oxygens (including phenoxy) is 1. The van der Waals surface area contributed by atoms with Crippen LogP contribution < -0.4 is 9.64 Å². The lowest BCUT2D eigenvalue weighted by Crippen LogP contribution is -2.38. The molecule has 1 aliphatic rings.